The van der Waals surface area contributed by atoms with Gasteiger partial charge in [0.25, 0.3) is 5.91 Å². The molecule has 0 spiro atoms. The number of carbonyl (C=O) groups excluding carboxylic acids is 1. The number of quaternary nitrogens is 1. The number of pyridine rings is 1. The molecule has 0 saturated carbocycles. The summed E-state index contributed by atoms with van der Waals surface area (Å²) in [5.41, 5.74) is 2.96. The quantitative estimate of drug-likeness (QED) is 0.668. The van der Waals surface area contributed by atoms with Gasteiger partial charge < -0.3 is 14.9 Å². The van der Waals surface area contributed by atoms with Crippen LogP contribution in [0.5, 0.6) is 0 Å². The highest BCUT2D eigenvalue weighted by Gasteiger charge is 2.28. The van der Waals surface area contributed by atoms with E-state index >= 15 is 0 Å². The minimum absolute atomic E-state index is 0.0101. The molecule has 0 radical (unpaired) electrons. The second kappa shape index (κ2) is 8.33. The lowest BCUT2D eigenvalue weighted by atomic mass is 10.1. The molecule has 4 rings (SSSR count). The van der Waals surface area contributed by atoms with Crippen LogP contribution in [0.3, 0.4) is 0 Å². The molecule has 0 atom stereocenters. The number of aliphatic hydroxyl groups excluding tert-OH is 1. The molecule has 28 heavy (non-hydrogen) atoms. The summed E-state index contributed by atoms with van der Waals surface area (Å²) >= 11 is 0. The molecule has 7 heteroatoms. The van der Waals surface area contributed by atoms with Crippen molar-refractivity contribution in [1.29, 1.82) is 0 Å². The molecule has 0 bridgehead atoms. The Kier molecular flexibility index (Phi) is 5.45. The third kappa shape index (κ3) is 3.81. The van der Waals surface area contributed by atoms with Crippen LogP contribution >= 0.6 is 0 Å². The summed E-state index contributed by atoms with van der Waals surface area (Å²) in [6.45, 7) is 3.96. The summed E-state index contributed by atoms with van der Waals surface area (Å²) in [5.74, 6) is -0.0101. The molecule has 2 aromatic heterocycles. The lowest BCUT2D eigenvalue weighted by Crippen LogP contribution is -3.15. The monoisotopic (exact) mass is 378 g/mol. The number of piperazine rings is 1. The minimum Gasteiger partial charge on any atom is -0.391 e. The van der Waals surface area contributed by atoms with Crippen molar-refractivity contribution in [2.75, 3.05) is 39.3 Å². The van der Waals surface area contributed by atoms with Gasteiger partial charge in [-0.25, -0.2) is 4.68 Å². The molecular formula is C21H24N5O2+. The normalized spacial score (nSPS) is 15.0. The van der Waals surface area contributed by atoms with E-state index in [1.807, 2.05) is 53.6 Å². The first kappa shape index (κ1) is 18.3. The predicted octanol–water partition coefficient (Wildman–Crippen LogP) is 0.267. The Hall–Kier alpha value is -3.03. The molecule has 3 aromatic rings. The van der Waals surface area contributed by atoms with Gasteiger partial charge in [-0.2, -0.15) is 5.10 Å². The Morgan fingerprint density at radius 2 is 1.89 bits per heavy atom. The third-order valence-electron chi connectivity index (χ3n) is 5.12. The summed E-state index contributed by atoms with van der Waals surface area (Å²) in [6, 6.07) is 13.6. The molecule has 144 valence electrons. The standard InChI is InChI=1S/C21H23N5O2/c27-14-13-24-9-11-25(12-10-24)21(28)19-16-26(18-6-2-1-3-7-18)23-20(19)17-5-4-8-22-15-17/h1-8,15-16,27H,9-14H2/p+1. The molecule has 2 N–H and O–H groups in total. The van der Waals surface area contributed by atoms with Crippen LogP contribution < -0.4 is 4.90 Å². The van der Waals surface area contributed by atoms with E-state index in [1.54, 1.807) is 17.1 Å². The zero-order valence-electron chi connectivity index (χ0n) is 15.7. The second-order valence-electron chi connectivity index (χ2n) is 6.93. The van der Waals surface area contributed by atoms with E-state index in [0.29, 0.717) is 24.3 Å². The van der Waals surface area contributed by atoms with Crippen molar-refractivity contribution in [1.82, 2.24) is 19.7 Å². The van der Waals surface area contributed by atoms with Gasteiger partial charge in [-0.1, -0.05) is 18.2 Å². The van der Waals surface area contributed by atoms with Crippen LogP contribution in [0.1, 0.15) is 10.4 Å². The van der Waals surface area contributed by atoms with E-state index in [2.05, 4.69) is 4.98 Å². The second-order valence-corrected chi connectivity index (χ2v) is 6.93. The summed E-state index contributed by atoms with van der Waals surface area (Å²) in [5, 5.41) is 13.8. The molecule has 7 nitrogen and oxygen atoms in total. The third-order valence-corrected chi connectivity index (χ3v) is 5.12. The van der Waals surface area contributed by atoms with E-state index in [0.717, 1.165) is 30.9 Å². The molecule has 0 unspecified atom stereocenters. The Morgan fingerprint density at radius 3 is 2.57 bits per heavy atom. The van der Waals surface area contributed by atoms with E-state index in [1.165, 1.54) is 4.90 Å². The number of hydrogen-bond acceptors (Lipinski definition) is 4. The Morgan fingerprint density at radius 1 is 1.11 bits per heavy atom. The number of carbonyl (C=O) groups is 1. The number of rotatable bonds is 5. The average Bonchev–Trinajstić information content (AvgIpc) is 3.21. The average molecular weight is 378 g/mol. The highest BCUT2D eigenvalue weighted by Crippen LogP contribution is 2.24. The van der Waals surface area contributed by atoms with Crippen molar-refractivity contribution in [3.8, 4) is 16.9 Å². The first-order valence-corrected chi connectivity index (χ1v) is 9.55. The summed E-state index contributed by atoms with van der Waals surface area (Å²) < 4.78 is 1.75. The summed E-state index contributed by atoms with van der Waals surface area (Å²) in [6.07, 6.45) is 5.26. The molecule has 1 fully saturated rings. The van der Waals surface area contributed by atoms with Crippen molar-refractivity contribution >= 4 is 5.91 Å². The van der Waals surface area contributed by atoms with E-state index in [-0.39, 0.29) is 12.5 Å². The van der Waals surface area contributed by atoms with Gasteiger partial charge in [0.15, 0.2) is 0 Å². The van der Waals surface area contributed by atoms with Gasteiger partial charge in [0.2, 0.25) is 0 Å². The first-order valence-electron chi connectivity index (χ1n) is 9.55. The number of aliphatic hydroxyl groups is 1. The van der Waals surface area contributed by atoms with Crippen LogP contribution in [0.25, 0.3) is 16.9 Å². The fraction of sp³-hybridized carbons (Fsp3) is 0.286. The Labute approximate surface area is 163 Å². The molecular weight excluding hydrogens is 354 g/mol. The van der Waals surface area contributed by atoms with Gasteiger partial charge in [-0.3, -0.25) is 9.78 Å². The SMILES string of the molecule is O=C(c1cn(-c2ccccc2)nc1-c1cccnc1)N1CC[NH+](CCO)CC1. The van der Waals surface area contributed by atoms with Crippen LogP contribution in [-0.2, 0) is 0 Å². The van der Waals surface area contributed by atoms with Gasteiger partial charge in [0.1, 0.15) is 12.2 Å². The summed E-state index contributed by atoms with van der Waals surface area (Å²) in [7, 11) is 0. The summed E-state index contributed by atoms with van der Waals surface area (Å²) in [4.78, 5) is 20.7. The van der Waals surface area contributed by atoms with Crippen LogP contribution in [0.2, 0.25) is 0 Å². The smallest absolute Gasteiger partial charge is 0.258 e. The van der Waals surface area contributed by atoms with Crippen LogP contribution in [0, 0.1) is 0 Å². The Bertz CT molecular complexity index is 918. The maximum absolute atomic E-state index is 13.3. The highest BCUT2D eigenvalue weighted by atomic mass is 16.3. The number of aromatic nitrogens is 3. The van der Waals surface area contributed by atoms with Crippen molar-refractivity contribution in [2.24, 2.45) is 0 Å². The number of para-hydroxylation sites is 1. The fourth-order valence-corrected chi connectivity index (χ4v) is 3.56. The Balaban J connectivity index is 1.65. The van der Waals surface area contributed by atoms with Crippen molar-refractivity contribution < 1.29 is 14.8 Å². The number of nitrogens with zero attached hydrogens (tertiary/aromatic N) is 4. The zero-order chi connectivity index (χ0) is 19.3. The highest BCUT2D eigenvalue weighted by molar-refractivity contribution is 6.00. The van der Waals surface area contributed by atoms with Crippen LogP contribution in [-0.4, -0.2) is 70.0 Å². The van der Waals surface area contributed by atoms with E-state index in [4.69, 9.17) is 10.2 Å². The van der Waals surface area contributed by atoms with Crippen LogP contribution in [0.15, 0.2) is 61.1 Å². The molecule has 1 aromatic carbocycles. The maximum Gasteiger partial charge on any atom is 0.258 e. The first-order chi connectivity index (χ1) is 13.8. The fourth-order valence-electron chi connectivity index (χ4n) is 3.56. The molecule has 1 aliphatic heterocycles. The number of nitrogens with one attached hydrogen (secondary N) is 1. The molecule has 0 aliphatic carbocycles. The topological polar surface area (TPSA) is 75.7 Å². The van der Waals surface area contributed by atoms with Gasteiger partial charge >= 0.3 is 0 Å². The van der Waals surface area contributed by atoms with E-state index < -0.39 is 0 Å². The number of benzene rings is 1. The van der Waals surface area contributed by atoms with Gasteiger partial charge in [-0.05, 0) is 24.3 Å². The van der Waals surface area contributed by atoms with Crippen molar-refractivity contribution in [2.45, 2.75) is 0 Å². The lowest BCUT2D eigenvalue weighted by molar-refractivity contribution is -0.904. The predicted molar refractivity (Wildman–Crippen MR) is 105 cm³/mol. The van der Waals surface area contributed by atoms with Gasteiger partial charge in [0.05, 0.1) is 44.0 Å². The van der Waals surface area contributed by atoms with E-state index in [9.17, 15) is 4.79 Å². The largest absolute Gasteiger partial charge is 0.391 e. The number of amides is 1. The maximum atomic E-state index is 13.3. The molecule has 1 saturated heterocycles. The van der Waals surface area contributed by atoms with Crippen LogP contribution in [0.4, 0.5) is 0 Å². The van der Waals surface area contributed by atoms with Gasteiger partial charge in [0, 0.05) is 24.2 Å². The number of hydrogen-bond donors (Lipinski definition) is 2. The zero-order valence-corrected chi connectivity index (χ0v) is 15.7. The minimum atomic E-state index is -0.0101. The van der Waals surface area contributed by atoms with Crippen molar-refractivity contribution in [3.63, 3.8) is 0 Å². The molecule has 1 amide bonds. The van der Waals surface area contributed by atoms with Crippen molar-refractivity contribution in [3.05, 3.63) is 66.6 Å². The molecule has 3 heterocycles. The lowest BCUT2D eigenvalue weighted by Gasteiger charge is -2.31. The molecule has 1 aliphatic rings. The van der Waals surface area contributed by atoms with Gasteiger partial charge in [-0.15, -0.1) is 0 Å².